The Hall–Kier alpha value is -3.33. The number of fused-ring (bicyclic) bond motifs is 1. The number of ether oxygens (including phenoxy) is 1. The van der Waals surface area contributed by atoms with Gasteiger partial charge in [0, 0.05) is 30.8 Å². The van der Waals surface area contributed by atoms with E-state index in [9.17, 15) is 9.59 Å². The highest BCUT2D eigenvalue weighted by molar-refractivity contribution is 9.10. The highest BCUT2D eigenvalue weighted by atomic mass is 79.9. The molecule has 0 radical (unpaired) electrons. The van der Waals surface area contributed by atoms with E-state index in [1.807, 2.05) is 78.2 Å². The van der Waals surface area contributed by atoms with Crippen molar-refractivity contribution < 1.29 is 14.3 Å². The highest BCUT2D eigenvalue weighted by Gasteiger charge is 2.24. The number of methoxy groups -OCH3 is 1. The van der Waals surface area contributed by atoms with Gasteiger partial charge in [0.1, 0.15) is 10.6 Å². The summed E-state index contributed by atoms with van der Waals surface area (Å²) < 4.78 is 6.91. The van der Waals surface area contributed by atoms with Crippen LogP contribution >= 0.6 is 43.2 Å². The SMILES string of the molecule is COC(=O)c1c(-c2ccc(Br)cc2)csc1NC(=O)c1cc(-c2cccc(Br)c2)nc2ccccc12. The van der Waals surface area contributed by atoms with Crippen LogP contribution < -0.4 is 5.32 Å². The van der Waals surface area contributed by atoms with Crippen molar-refractivity contribution >= 4 is 71.0 Å². The van der Waals surface area contributed by atoms with Crippen LogP contribution in [0.3, 0.4) is 0 Å². The summed E-state index contributed by atoms with van der Waals surface area (Å²) in [6.07, 6.45) is 0. The second kappa shape index (κ2) is 10.3. The minimum absolute atomic E-state index is 0.323. The third-order valence-electron chi connectivity index (χ3n) is 5.64. The number of nitrogens with zero attached hydrogens (tertiary/aromatic N) is 1. The van der Waals surface area contributed by atoms with E-state index in [-0.39, 0.29) is 5.91 Å². The molecule has 0 spiro atoms. The van der Waals surface area contributed by atoms with Crippen LogP contribution in [0.25, 0.3) is 33.3 Å². The van der Waals surface area contributed by atoms with E-state index in [1.54, 1.807) is 6.07 Å². The van der Waals surface area contributed by atoms with Gasteiger partial charge in [0.15, 0.2) is 0 Å². The summed E-state index contributed by atoms with van der Waals surface area (Å²) in [5.41, 5.74) is 4.60. The van der Waals surface area contributed by atoms with Gasteiger partial charge in [0.2, 0.25) is 0 Å². The molecule has 5 rings (SSSR count). The third kappa shape index (κ3) is 4.84. The van der Waals surface area contributed by atoms with Crippen molar-refractivity contribution in [1.29, 1.82) is 0 Å². The van der Waals surface area contributed by atoms with Gasteiger partial charge in [-0.1, -0.05) is 74.3 Å². The summed E-state index contributed by atoms with van der Waals surface area (Å²) >= 11 is 8.22. The van der Waals surface area contributed by atoms with Crippen molar-refractivity contribution in [1.82, 2.24) is 4.98 Å². The van der Waals surface area contributed by atoms with Crippen molar-refractivity contribution in [2.24, 2.45) is 0 Å². The van der Waals surface area contributed by atoms with Gasteiger partial charge in [-0.2, -0.15) is 0 Å². The first kappa shape index (κ1) is 24.4. The topological polar surface area (TPSA) is 68.3 Å². The number of halogens is 2. The molecule has 0 saturated heterocycles. The normalized spacial score (nSPS) is 10.9. The zero-order valence-electron chi connectivity index (χ0n) is 18.9. The van der Waals surface area contributed by atoms with Crippen molar-refractivity contribution in [3.8, 4) is 22.4 Å². The number of benzene rings is 3. The Bertz CT molecular complexity index is 1610. The first-order chi connectivity index (χ1) is 17.4. The lowest BCUT2D eigenvalue weighted by Gasteiger charge is -2.11. The highest BCUT2D eigenvalue weighted by Crippen LogP contribution is 2.37. The first-order valence-corrected chi connectivity index (χ1v) is 13.3. The fraction of sp³-hybridized carbons (Fsp3) is 0.0357. The number of rotatable bonds is 5. The molecule has 0 fully saturated rings. The fourth-order valence-electron chi connectivity index (χ4n) is 3.93. The Balaban J connectivity index is 1.58. The lowest BCUT2D eigenvalue weighted by atomic mass is 10.0. The average molecular weight is 622 g/mol. The molecule has 36 heavy (non-hydrogen) atoms. The van der Waals surface area contributed by atoms with Crippen LogP contribution in [0.5, 0.6) is 0 Å². The summed E-state index contributed by atoms with van der Waals surface area (Å²) in [5, 5.41) is 5.95. The predicted octanol–water partition coefficient (Wildman–Crippen LogP) is 8.19. The predicted molar refractivity (Wildman–Crippen MR) is 152 cm³/mol. The standard InChI is InChI=1S/C28H18Br2N2O3S/c1-35-28(34)25-22(16-9-11-18(29)12-10-16)15-36-27(25)32-26(33)21-14-24(17-5-4-6-19(30)13-17)31-23-8-3-2-7-20(21)23/h2-15H,1H3,(H,32,33). The monoisotopic (exact) mass is 620 g/mol. The van der Waals surface area contributed by atoms with E-state index < -0.39 is 5.97 Å². The number of amides is 1. The number of anilines is 1. The molecule has 2 heterocycles. The minimum atomic E-state index is -0.515. The second-order valence-corrected chi connectivity index (χ2v) is 10.6. The third-order valence-corrected chi connectivity index (χ3v) is 7.56. The molecule has 5 aromatic rings. The van der Waals surface area contributed by atoms with Crippen molar-refractivity contribution in [2.75, 3.05) is 12.4 Å². The van der Waals surface area contributed by atoms with Crippen molar-refractivity contribution in [3.63, 3.8) is 0 Å². The number of aromatic nitrogens is 1. The molecule has 178 valence electrons. The van der Waals surface area contributed by atoms with Gasteiger partial charge in [0.05, 0.1) is 23.9 Å². The maximum Gasteiger partial charge on any atom is 0.341 e. The Labute approximate surface area is 228 Å². The summed E-state index contributed by atoms with van der Waals surface area (Å²) in [6, 6.07) is 24.7. The molecule has 0 bridgehead atoms. The summed E-state index contributed by atoms with van der Waals surface area (Å²) in [7, 11) is 1.33. The zero-order chi connectivity index (χ0) is 25.2. The number of thiophene rings is 1. The first-order valence-electron chi connectivity index (χ1n) is 10.9. The quantitative estimate of drug-likeness (QED) is 0.201. The van der Waals surface area contributed by atoms with Gasteiger partial charge in [-0.05, 0) is 42.0 Å². The Morgan fingerprint density at radius 1 is 0.889 bits per heavy atom. The number of para-hydroxylation sites is 1. The molecule has 0 aliphatic carbocycles. The number of hydrogen-bond acceptors (Lipinski definition) is 5. The Kier molecular flexibility index (Phi) is 7.00. The van der Waals surface area contributed by atoms with E-state index in [4.69, 9.17) is 9.72 Å². The molecule has 8 heteroatoms. The lowest BCUT2D eigenvalue weighted by Crippen LogP contribution is -2.15. The number of nitrogens with one attached hydrogen (secondary N) is 1. The van der Waals surface area contributed by atoms with Gasteiger partial charge in [0.25, 0.3) is 5.91 Å². The Morgan fingerprint density at radius 2 is 1.67 bits per heavy atom. The van der Waals surface area contributed by atoms with Crippen LogP contribution in [0, 0.1) is 0 Å². The van der Waals surface area contributed by atoms with Gasteiger partial charge < -0.3 is 10.1 Å². The number of carbonyl (C=O) groups excluding carboxylic acids is 2. The Morgan fingerprint density at radius 3 is 2.42 bits per heavy atom. The summed E-state index contributed by atoms with van der Waals surface area (Å²) in [5.74, 6) is -0.849. The lowest BCUT2D eigenvalue weighted by molar-refractivity contribution is 0.0603. The average Bonchev–Trinajstić information content (AvgIpc) is 3.31. The number of pyridine rings is 1. The molecular formula is C28H18Br2N2O3S. The van der Waals surface area contributed by atoms with Crippen LogP contribution in [0.2, 0.25) is 0 Å². The molecule has 5 nitrogen and oxygen atoms in total. The van der Waals surface area contributed by atoms with Crippen LogP contribution in [-0.4, -0.2) is 24.0 Å². The molecular weight excluding hydrogens is 604 g/mol. The maximum atomic E-state index is 13.6. The minimum Gasteiger partial charge on any atom is -0.465 e. The zero-order valence-corrected chi connectivity index (χ0v) is 22.9. The van der Waals surface area contributed by atoms with Crippen LogP contribution in [0.15, 0.2) is 93.2 Å². The van der Waals surface area contributed by atoms with E-state index in [0.717, 1.165) is 25.5 Å². The van der Waals surface area contributed by atoms with E-state index in [0.29, 0.717) is 32.9 Å². The molecule has 0 saturated carbocycles. The van der Waals surface area contributed by atoms with Gasteiger partial charge in [-0.15, -0.1) is 11.3 Å². The number of hydrogen-bond donors (Lipinski definition) is 1. The number of esters is 1. The van der Waals surface area contributed by atoms with E-state index >= 15 is 0 Å². The number of carbonyl (C=O) groups is 2. The van der Waals surface area contributed by atoms with Gasteiger partial charge in [-0.25, -0.2) is 9.78 Å². The van der Waals surface area contributed by atoms with Crippen molar-refractivity contribution in [3.05, 3.63) is 104 Å². The molecule has 3 aromatic carbocycles. The molecule has 1 amide bonds. The largest absolute Gasteiger partial charge is 0.465 e. The van der Waals surface area contributed by atoms with Crippen LogP contribution in [0.1, 0.15) is 20.7 Å². The van der Waals surface area contributed by atoms with Crippen molar-refractivity contribution in [2.45, 2.75) is 0 Å². The maximum absolute atomic E-state index is 13.6. The van der Waals surface area contributed by atoms with Crippen LogP contribution in [-0.2, 0) is 4.74 Å². The molecule has 2 aromatic heterocycles. The van der Waals surface area contributed by atoms with E-state index in [1.165, 1.54) is 18.4 Å². The van der Waals surface area contributed by atoms with Gasteiger partial charge in [-0.3, -0.25) is 4.79 Å². The fourth-order valence-corrected chi connectivity index (χ4v) is 5.54. The summed E-state index contributed by atoms with van der Waals surface area (Å²) in [6.45, 7) is 0. The van der Waals surface area contributed by atoms with Gasteiger partial charge >= 0.3 is 5.97 Å². The molecule has 0 unspecified atom stereocenters. The van der Waals surface area contributed by atoms with E-state index in [2.05, 4.69) is 37.2 Å². The molecule has 1 N–H and O–H groups in total. The molecule has 0 aliphatic rings. The molecule has 0 atom stereocenters. The second-order valence-electron chi connectivity index (χ2n) is 7.89. The molecule has 0 aliphatic heterocycles. The summed E-state index contributed by atoms with van der Waals surface area (Å²) in [4.78, 5) is 31.2. The smallest absolute Gasteiger partial charge is 0.341 e. The van der Waals surface area contributed by atoms with Crippen LogP contribution in [0.4, 0.5) is 5.00 Å².